The summed E-state index contributed by atoms with van der Waals surface area (Å²) in [6, 6.07) is 8.68. The van der Waals surface area contributed by atoms with Crippen molar-refractivity contribution in [3.63, 3.8) is 0 Å². The van der Waals surface area contributed by atoms with Crippen molar-refractivity contribution in [3.05, 3.63) is 62.6 Å². The number of anilines is 1. The molecule has 2 aromatic carbocycles. The van der Waals surface area contributed by atoms with E-state index < -0.39 is 28.5 Å². The van der Waals surface area contributed by atoms with E-state index in [1.165, 1.54) is 4.90 Å². The second-order valence-electron chi connectivity index (χ2n) is 8.77. The topological polar surface area (TPSA) is 86.8 Å². The molecule has 1 unspecified atom stereocenters. The fourth-order valence-electron chi connectivity index (χ4n) is 3.36. The normalized spacial score (nSPS) is 12.4. The average Bonchev–Trinajstić information content (AvgIpc) is 2.74. The Morgan fingerprint density at radius 3 is 2.14 bits per heavy atom. The number of rotatable bonds is 10. The Morgan fingerprint density at radius 2 is 1.60 bits per heavy atom. The Balaban J connectivity index is 2.44. The minimum Gasteiger partial charge on any atom is -0.354 e. The number of sulfonamides is 1. The number of hydrogen-bond acceptors (Lipinski definition) is 4. The first kappa shape index (κ1) is 29.2. The zero-order valence-electron chi connectivity index (χ0n) is 20.3. The quantitative estimate of drug-likeness (QED) is 0.446. The highest BCUT2D eigenvalue weighted by Crippen LogP contribution is 2.27. The van der Waals surface area contributed by atoms with Crippen LogP contribution < -0.4 is 9.62 Å². The summed E-state index contributed by atoms with van der Waals surface area (Å²) in [5.41, 5.74) is 1.49. The number of aryl methyl sites for hydroxylation is 1. The van der Waals surface area contributed by atoms with Gasteiger partial charge < -0.3 is 10.2 Å². The Labute approximate surface area is 222 Å². The minimum atomic E-state index is -3.84. The average molecular weight is 563 g/mol. The molecule has 0 bridgehead atoms. The predicted molar refractivity (Wildman–Crippen MR) is 143 cm³/mol. The van der Waals surface area contributed by atoms with Crippen molar-refractivity contribution < 1.29 is 18.0 Å². The van der Waals surface area contributed by atoms with Gasteiger partial charge in [0, 0.05) is 28.2 Å². The summed E-state index contributed by atoms with van der Waals surface area (Å²) >= 11 is 18.4. The van der Waals surface area contributed by atoms with Gasteiger partial charge in [0.15, 0.2) is 0 Å². The standard InChI is InChI=1S/C24H30Cl3N3O4S/c1-15(2)12-28-24(32)17(4)29(13-18-6-7-20(26)11-21(18)27)23(31)14-30(35(5,33)34)22-9-8-19(25)10-16(22)3/h6-11,15,17H,12-14H2,1-5H3,(H,28,32). The molecule has 35 heavy (non-hydrogen) atoms. The first-order valence-electron chi connectivity index (χ1n) is 11.0. The lowest BCUT2D eigenvalue weighted by Gasteiger charge is -2.32. The van der Waals surface area contributed by atoms with Crippen LogP contribution in [-0.4, -0.2) is 50.5 Å². The molecular weight excluding hydrogens is 533 g/mol. The zero-order valence-corrected chi connectivity index (χ0v) is 23.4. The third kappa shape index (κ3) is 8.27. The number of carbonyl (C=O) groups excluding carboxylic acids is 2. The summed E-state index contributed by atoms with van der Waals surface area (Å²) in [7, 11) is -3.84. The molecule has 0 spiro atoms. The number of benzene rings is 2. The van der Waals surface area contributed by atoms with E-state index in [9.17, 15) is 18.0 Å². The van der Waals surface area contributed by atoms with Crippen LogP contribution in [0.25, 0.3) is 0 Å². The van der Waals surface area contributed by atoms with Gasteiger partial charge in [-0.2, -0.15) is 0 Å². The SMILES string of the molecule is Cc1cc(Cl)ccc1N(CC(=O)N(Cc1ccc(Cl)cc1Cl)C(C)C(=O)NCC(C)C)S(C)(=O)=O. The number of nitrogens with one attached hydrogen (secondary N) is 1. The molecule has 0 saturated carbocycles. The lowest BCUT2D eigenvalue weighted by Crippen LogP contribution is -2.51. The first-order valence-corrected chi connectivity index (χ1v) is 13.9. The molecule has 0 aliphatic rings. The molecule has 2 amide bonds. The third-order valence-electron chi connectivity index (χ3n) is 5.31. The van der Waals surface area contributed by atoms with Gasteiger partial charge in [0.05, 0.1) is 11.9 Å². The van der Waals surface area contributed by atoms with Crippen molar-refractivity contribution in [1.82, 2.24) is 10.2 Å². The van der Waals surface area contributed by atoms with Crippen molar-refractivity contribution in [2.24, 2.45) is 5.92 Å². The van der Waals surface area contributed by atoms with Crippen molar-refractivity contribution in [1.29, 1.82) is 0 Å². The Bertz CT molecular complexity index is 1190. The van der Waals surface area contributed by atoms with E-state index in [1.807, 2.05) is 13.8 Å². The second kappa shape index (κ2) is 12.3. The molecular formula is C24H30Cl3N3O4S. The maximum absolute atomic E-state index is 13.6. The van der Waals surface area contributed by atoms with E-state index in [2.05, 4.69) is 5.32 Å². The molecule has 2 aromatic rings. The molecule has 0 aliphatic heterocycles. The molecule has 0 aliphatic carbocycles. The smallest absolute Gasteiger partial charge is 0.244 e. The molecule has 0 aromatic heterocycles. The van der Waals surface area contributed by atoms with Gasteiger partial charge >= 0.3 is 0 Å². The second-order valence-corrected chi connectivity index (χ2v) is 12.0. The van der Waals surface area contributed by atoms with Gasteiger partial charge in [-0.1, -0.05) is 54.7 Å². The number of nitrogens with zero attached hydrogens (tertiary/aromatic N) is 2. The van der Waals surface area contributed by atoms with Crippen LogP contribution in [0.5, 0.6) is 0 Å². The maximum Gasteiger partial charge on any atom is 0.244 e. The van der Waals surface area contributed by atoms with Crippen LogP contribution in [-0.2, 0) is 26.2 Å². The van der Waals surface area contributed by atoms with Crippen molar-refractivity contribution >= 4 is 62.3 Å². The fraction of sp³-hybridized carbons (Fsp3) is 0.417. The molecule has 0 fully saturated rings. The van der Waals surface area contributed by atoms with Gasteiger partial charge in [-0.3, -0.25) is 13.9 Å². The van der Waals surface area contributed by atoms with E-state index >= 15 is 0 Å². The van der Waals surface area contributed by atoms with Gasteiger partial charge in [-0.15, -0.1) is 0 Å². The molecule has 1 N–H and O–H groups in total. The monoisotopic (exact) mass is 561 g/mol. The highest BCUT2D eigenvalue weighted by molar-refractivity contribution is 7.92. The van der Waals surface area contributed by atoms with Gasteiger partial charge in [0.2, 0.25) is 21.8 Å². The van der Waals surface area contributed by atoms with E-state index in [0.717, 1.165) is 10.6 Å². The lowest BCUT2D eigenvalue weighted by atomic mass is 10.1. The van der Waals surface area contributed by atoms with E-state index in [0.29, 0.717) is 38.4 Å². The molecule has 0 heterocycles. The van der Waals surface area contributed by atoms with Crippen molar-refractivity contribution in [2.75, 3.05) is 23.7 Å². The summed E-state index contributed by atoms with van der Waals surface area (Å²) < 4.78 is 26.3. The predicted octanol–water partition coefficient (Wildman–Crippen LogP) is 4.91. The largest absolute Gasteiger partial charge is 0.354 e. The number of hydrogen-bond donors (Lipinski definition) is 1. The summed E-state index contributed by atoms with van der Waals surface area (Å²) in [5, 5.41) is 4.03. The van der Waals surface area contributed by atoms with E-state index in [1.54, 1.807) is 50.2 Å². The highest BCUT2D eigenvalue weighted by Gasteiger charge is 2.31. The molecule has 0 radical (unpaired) electrons. The molecule has 2 rings (SSSR count). The van der Waals surface area contributed by atoms with E-state index in [-0.39, 0.29) is 18.4 Å². The van der Waals surface area contributed by atoms with Gasteiger partial charge in [-0.25, -0.2) is 8.42 Å². The van der Waals surface area contributed by atoms with Crippen LogP contribution in [0.3, 0.4) is 0 Å². The Hall–Kier alpha value is -2.00. The summed E-state index contributed by atoms with van der Waals surface area (Å²) in [5.74, 6) is -0.705. The summed E-state index contributed by atoms with van der Waals surface area (Å²) in [6.07, 6.45) is 1.02. The number of carbonyl (C=O) groups is 2. The lowest BCUT2D eigenvalue weighted by molar-refractivity contribution is -0.139. The summed E-state index contributed by atoms with van der Waals surface area (Å²) in [4.78, 5) is 27.7. The molecule has 1 atom stereocenters. The summed E-state index contributed by atoms with van der Waals surface area (Å²) in [6.45, 7) is 7.13. The Morgan fingerprint density at radius 1 is 1.00 bits per heavy atom. The van der Waals surface area contributed by atoms with Gasteiger partial charge in [0.25, 0.3) is 0 Å². The minimum absolute atomic E-state index is 0.0116. The van der Waals surface area contributed by atoms with Crippen LogP contribution in [0.4, 0.5) is 5.69 Å². The van der Waals surface area contributed by atoms with E-state index in [4.69, 9.17) is 34.8 Å². The zero-order chi connectivity index (χ0) is 26.5. The molecule has 7 nitrogen and oxygen atoms in total. The highest BCUT2D eigenvalue weighted by atomic mass is 35.5. The number of amides is 2. The van der Waals surface area contributed by atoms with Crippen molar-refractivity contribution in [3.8, 4) is 0 Å². The van der Waals surface area contributed by atoms with Crippen LogP contribution in [0.2, 0.25) is 15.1 Å². The molecule has 192 valence electrons. The molecule has 0 saturated heterocycles. The fourth-order valence-corrected chi connectivity index (χ4v) is 4.96. The number of halogens is 3. The first-order chi connectivity index (χ1) is 16.2. The Kier molecular flexibility index (Phi) is 10.3. The van der Waals surface area contributed by atoms with Gasteiger partial charge in [-0.05, 0) is 61.2 Å². The van der Waals surface area contributed by atoms with Gasteiger partial charge in [0.1, 0.15) is 12.6 Å². The molecule has 11 heteroatoms. The van der Waals surface area contributed by atoms with Crippen LogP contribution in [0.1, 0.15) is 31.9 Å². The van der Waals surface area contributed by atoms with Crippen LogP contribution in [0, 0.1) is 12.8 Å². The van der Waals surface area contributed by atoms with Crippen LogP contribution >= 0.6 is 34.8 Å². The maximum atomic E-state index is 13.6. The van der Waals surface area contributed by atoms with Crippen LogP contribution in [0.15, 0.2) is 36.4 Å². The third-order valence-corrected chi connectivity index (χ3v) is 7.26. The van der Waals surface area contributed by atoms with Crippen molar-refractivity contribution in [2.45, 2.75) is 40.3 Å².